The molecule has 1 aliphatic rings. The van der Waals surface area contributed by atoms with Crippen LogP contribution in [0.4, 0.5) is 9.93 Å². The van der Waals surface area contributed by atoms with Gasteiger partial charge in [-0.1, -0.05) is 84.4 Å². The number of nitrogens with one attached hydrogen (secondary N) is 2. The number of halogens is 1. The van der Waals surface area contributed by atoms with Crippen molar-refractivity contribution in [2.75, 3.05) is 5.43 Å². The summed E-state index contributed by atoms with van der Waals surface area (Å²) < 4.78 is 0. The quantitative estimate of drug-likeness (QED) is 0.332. The van der Waals surface area contributed by atoms with Crippen LogP contribution in [-0.2, 0) is 0 Å². The molecule has 1 atom stereocenters. The van der Waals surface area contributed by atoms with E-state index >= 15 is 0 Å². The molecular formula is C25H20ClN5OS. The second-order valence-corrected chi connectivity index (χ2v) is 8.78. The van der Waals surface area contributed by atoms with Crippen molar-refractivity contribution >= 4 is 39.8 Å². The summed E-state index contributed by atoms with van der Waals surface area (Å²) >= 11 is 7.37. The molecule has 8 heteroatoms. The number of thiazole rings is 1. The topological polar surface area (TPSA) is 69.6 Å². The minimum atomic E-state index is -0.349. The average molecular weight is 474 g/mol. The van der Waals surface area contributed by atoms with E-state index < -0.39 is 0 Å². The summed E-state index contributed by atoms with van der Waals surface area (Å²) in [7, 11) is 0. The molecule has 0 bridgehead atoms. The van der Waals surface area contributed by atoms with Gasteiger partial charge in [-0.15, -0.1) is 11.3 Å². The van der Waals surface area contributed by atoms with Crippen molar-refractivity contribution in [3.05, 3.63) is 106 Å². The Balaban J connectivity index is 1.32. The number of aromatic nitrogens is 1. The van der Waals surface area contributed by atoms with Crippen LogP contribution in [0.25, 0.3) is 11.3 Å². The monoisotopic (exact) mass is 473 g/mol. The summed E-state index contributed by atoms with van der Waals surface area (Å²) in [6, 6.07) is 26.8. The fraction of sp³-hybridized carbons (Fsp3) is 0.0800. The van der Waals surface area contributed by atoms with Crippen molar-refractivity contribution in [3.63, 3.8) is 0 Å². The summed E-state index contributed by atoms with van der Waals surface area (Å²) in [5.74, 6) is 0. The van der Waals surface area contributed by atoms with Crippen molar-refractivity contribution < 1.29 is 4.79 Å². The van der Waals surface area contributed by atoms with Crippen LogP contribution < -0.4 is 10.9 Å². The zero-order chi connectivity index (χ0) is 22.6. The first kappa shape index (κ1) is 21.2. The van der Waals surface area contributed by atoms with Crippen LogP contribution in [0, 0.1) is 0 Å². The van der Waals surface area contributed by atoms with E-state index in [9.17, 15) is 4.79 Å². The summed E-state index contributed by atoms with van der Waals surface area (Å²) in [6.07, 6.45) is 0.638. The number of urea groups is 1. The second-order valence-electron chi connectivity index (χ2n) is 7.49. The van der Waals surface area contributed by atoms with Crippen LogP contribution in [0.1, 0.15) is 23.6 Å². The first-order chi connectivity index (χ1) is 16.2. The van der Waals surface area contributed by atoms with E-state index in [4.69, 9.17) is 11.6 Å². The van der Waals surface area contributed by atoms with E-state index in [-0.39, 0.29) is 12.1 Å². The number of hydrogen-bond acceptors (Lipinski definition) is 5. The number of hydrazone groups is 1. The Morgan fingerprint density at radius 1 is 0.939 bits per heavy atom. The van der Waals surface area contributed by atoms with Gasteiger partial charge in [0.2, 0.25) is 5.13 Å². The number of benzene rings is 3. The van der Waals surface area contributed by atoms with E-state index in [2.05, 4.69) is 20.9 Å². The molecule has 1 aliphatic heterocycles. The molecule has 0 fully saturated rings. The number of rotatable bonds is 5. The third-order valence-corrected chi connectivity index (χ3v) is 6.34. The van der Waals surface area contributed by atoms with Crippen molar-refractivity contribution in [1.82, 2.24) is 15.4 Å². The maximum absolute atomic E-state index is 13.1. The van der Waals surface area contributed by atoms with Crippen LogP contribution in [0.5, 0.6) is 0 Å². The molecule has 2 N–H and O–H groups in total. The number of nitrogens with zero attached hydrogens (tertiary/aromatic N) is 3. The molecule has 0 saturated carbocycles. The molecule has 164 valence electrons. The average Bonchev–Trinajstić information content (AvgIpc) is 3.52. The Kier molecular flexibility index (Phi) is 6.06. The normalized spacial score (nSPS) is 15.2. The lowest BCUT2D eigenvalue weighted by molar-refractivity contribution is 0.188. The highest BCUT2D eigenvalue weighted by molar-refractivity contribution is 7.14. The molecule has 1 unspecified atom stereocenters. The molecule has 3 aromatic carbocycles. The number of carbonyl (C=O) groups excluding carboxylic acids is 1. The highest BCUT2D eigenvalue weighted by atomic mass is 35.5. The summed E-state index contributed by atoms with van der Waals surface area (Å²) in [6.45, 7) is 0. The van der Waals surface area contributed by atoms with Crippen molar-refractivity contribution in [2.24, 2.45) is 5.10 Å². The Bertz CT molecular complexity index is 1280. The molecule has 4 aromatic rings. The molecule has 2 heterocycles. The van der Waals surface area contributed by atoms with Crippen LogP contribution >= 0.6 is 22.9 Å². The van der Waals surface area contributed by atoms with Gasteiger partial charge >= 0.3 is 6.03 Å². The van der Waals surface area contributed by atoms with Crippen molar-refractivity contribution in [1.29, 1.82) is 0 Å². The molecule has 5 rings (SSSR count). The molecule has 0 spiro atoms. The predicted octanol–water partition coefficient (Wildman–Crippen LogP) is 6.35. The predicted molar refractivity (Wildman–Crippen MR) is 133 cm³/mol. The van der Waals surface area contributed by atoms with Gasteiger partial charge in [0.1, 0.15) is 0 Å². The Labute approximate surface area is 200 Å². The lowest BCUT2D eigenvalue weighted by atomic mass is 9.99. The van der Waals surface area contributed by atoms with Gasteiger partial charge in [-0.25, -0.2) is 20.2 Å². The Morgan fingerprint density at radius 2 is 1.64 bits per heavy atom. The number of carbonyl (C=O) groups is 1. The van der Waals surface area contributed by atoms with Gasteiger partial charge < -0.3 is 0 Å². The fourth-order valence-electron chi connectivity index (χ4n) is 3.69. The first-order valence-electron chi connectivity index (χ1n) is 10.4. The van der Waals surface area contributed by atoms with Crippen LogP contribution in [-0.4, -0.2) is 21.7 Å². The lowest BCUT2D eigenvalue weighted by Crippen LogP contribution is -2.40. The zero-order valence-corrected chi connectivity index (χ0v) is 19.1. The smallest absolute Gasteiger partial charge is 0.272 e. The number of anilines is 1. The third-order valence-electron chi connectivity index (χ3n) is 5.33. The maximum atomic E-state index is 13.1. The molecule has 1 aromatic heterocycles. The van der Waals surface area contributed by atoms with E-state index in [1.807, 2.05) is 90.3 Å². The van der Waals surface area contributed by atoms with Gasteiger partial charge in [0.15, 0.2) is 0 Å². The summed E-state index contributed by atoms with van der Waals surface area (Å²) in [5.41, 5.74) is 10.3. The zero-order valence-electron chi connectivity index (χ0n) is 17.5. The van der Waals surface area contributed by atoms with Crippen molar-refractivity contribution in [2.45, 2.75) is 12.5 Å². The van der Waals surface area contributed by atoms with E-state index in [1.54, 1.807) is 0 Å². The molecule has 0 aliphatic carbocycles. The van der Waals surface area contributed by atoms with Gasteiger partial charge in [-0.05, 0) is 23.3 Å². The van der Waals surface area contributed by atoms with Crippen LogP contribution in [0.3, 0.4) is 0 Å². The standard InChI is InChI=1S/C25H20ClN5OS/c26-20-13-11-18(12-14-20)22-16-33-24(27-22)28-29-25(32)31-23(19-9-5-2-6-10-19)15-21(30-31)17-7-3-1-4-8-17/h1-14,16,23H,15H2,(H,27,28)(H,29,32). The Morgan fingerprint density at radius 3 is 2.36 bits per heavy atom. The number of hydrogen-bond donors (Lipinski definition) is 2. The van der Waals surface area contributed by atoms with Gasteiger partial charge in [0, 0.05) is 22.4 Å². The second kappa shape index (κ2) is 9.44. The SMILES string of the molecule is O=C(NNc1nc(-c2ccc(Cl)cc2)cs1)N1N=C(c2ccccc2)CC1c1ccccc1. The van der Waals surface area contributed by atoms with Gasteiger partial charge in [-0.3, -0.25) is 5.43 Å². The molecule has 0 saturated heterocycles. The van der Waals surface area contributed by atoms with E-state index in [0.717, 1.165) is 28.1 Å². The first-order valence-corrected chi connectivity index (χ1v) is 11.7. The molecule has 6 nitrogen and oxygen atoms in total. The van der Waals surface area contributed by atoms with Gasteiger partial charge in [-0.2, -0.15) is 5.10 Å². The van der Waals surface area contributed by atoms with Crippen LogP contribution in [0.2, 0.25) is 5.02 Å². The van der Waals surface area contributed by atoms with E-state index in [0.29, 0.717) is 16.6 Å². The summed E-state index contributed by atoms with van der Waals surface area (Å²) in [4.78, 5) is 17.6. The van der Waals surface area contributed by atoms with Crippen LogP contribution in [0.15, 0.2) is 95.4 Å². The third kappa shape index (κ3) is 4.74. The highest BCUT2D eigenvalue weighted by Crippen LogP contribution is 2.32. The van der Waals surface area contributed by atoms with Gasteiger partial charge in [0.25, 0.3) is 0 Å². The molecular weight excluding hydrogens is 454 g/mol. The minimum absolute atomic E-state index is 0.191. The number of amides is 2. The molecule has 33 heavy (non-hydrogen) atoms. The summed E-state index contributed by atoms with van der Waals surface area (Å²) in [5, 5.41) is 9.33. The highest BCUT2D eigenvalue weighted by Gasteiger charge is 2.33. The largest absolute Gasteiger partial charge is 0.357 e. The molecule has 2 amide bonds. The number of hydrazine groups is 1. The Hall–Kier alpha value is -3.68. The van der Waals surface area contributed by atoms with Gasteiger partial charge in [0.05, 0.1) is 17.4 Å². The lowest BCUT2D eigenvalue weighted by Gasteiger charge is -2.22. The van der Waals surface area contributed by atoms with E-state index in [1.165, 1.54) is 16.3 Å². The minimum Gasteiger partial charge on any atom is -0.272 e. The maximum Gasteiger partial charge on any atom is 0.357 e. The van der Waals surface area contributed by atoms with Crippen molar-refractivity contribution in [3.8, 4) is 11.3 Å². The fourth-order valence-corrected chi connectivity index (χ4v) is 4.49. The molecule has 0 radical (unpaired) electrons.